The van der Waals surface area contributed by atoms with Gasteiger partial charge in [0.25, 0.3) is 0 Å². The van der Waals surface area contributed by atoms with Gasteiger partial charge in [0.1, 0.15) is 22.9 Å². The van der Waals surface area contributed by atoms with E-state index in [2.05, 4.69) is 9.71 Å². The normalized spacial score (nSPS) is 11.5. The Hall–Kier alpha value is -2.52. The predicted molar refractivity (Wildman–Crippen MR) is 129 cm³/mol. The molecule has 0 aliphatic heterocycles. The van der Waals surface area contributed by atoms with Crippen molar-refractivity contribution in [1.82, 2.24) is 14.4 Å². The van der Waals surface area contributed by atoms with Crippen LogP contribution in [-0.2, 0) is 6.61 Å². The first kappa shape index (κ1) is 22.7. The van der Waals surface area contributed by atoms with Crippen molar-refractivity contribution >= 4 is 52.2 Å². The maximum atomic E-state index is 15.6. The fourth-order valence-corrected chi connectivity index (χ4v) is 4.77. The average Bonchev–Trinajstić information content (AvgIpc) is 3.16. The van der Waals surface area contributed by atoms with E-state index in [-0.39, 0.29) is 24.0 Å². The van der Waals surface area contributed by atoms with Crippen LogP contribution in [0.4, 0.5) is 15.9 Å². The molecule has 2 heterocycles. The fourth-order valence-electron chi connectivity index (χ4n) is 3.39. The van der Waals surface area contributed by atoms with Crippen molar-refractivity contribution in [3.8, 4) is 11.3 Å². The highest BCUT2D eigenvalue weighted by atomic mass is 35.5. The molecule has 0 saturated heterocycles. The number of nitrogens with two attached hydrogens (primary N) is 1. The highest BCUT2D eigenvalue weighted by Crippen LogP contribution is 2.37. The van der Waals surface area contributed by atoms with E-state index >= 15 is 4.39 Å². The Morgan fingerprint density at radius 1 is 1.28 bits per heavy atom. The molecule has 4 aromatic rings. The summed E-state index contributed by atoms with van der Waals surface area (Å²) in [7, 11) is 0. The van der Waals surface area contributed by atoms with Crippen LogP contribution in [0.3, 0.4) is 0 Å². The summed E-state index contributed by atoms with van der Waals surface area (Å²) in [5.41, 5.74) is 8.14. The number of nitrogens with zero attached hydrogens (tertiary/aromatic N) is 3. The van der Waals surface area contributed by atoms with E-state index in [1.807, 2.05) is 18.2 Å². The fraction of sp³-hybridized carbons (Fsp3) is 0.182. The highest BCUT2D eigenvalue weighted by molar-refractivity contribution is 8.00. The Kier molecular flexibility index (Phi) is 6.48. The van der Waals surface area contributed by atoms with Crippen molar-refractivity contribution in [2.75, 3.05) is 10.5 Å². The van der Waals surface area contributed by atoms with E-state index in [9.17, 15) is 5.11 Å². The lowest BCUT2D eigenvalue weighted by Crippen LogP contribution is -2.00. The number of hydrogen-bond acceptors (Lipinski definition) is 6. The van der Waals surface area contributed by atoms with E-state index in [4.69, 9.17) is 33.9 Å². The van der Waals surface area contributed by atoms with Crippen LogP contribution in [-0.4, -0.2) is 19.5 Å². The first-order valence-corrected chi connectivity index (χ1v) is 11.3. The van der Waals surface area contributed by atoms with Gasteiger partial charge in [0.2, 0.25) is 0 Å². The second kappa shape index (κ2) is 9.15. The van der Waals surface area contributed by atoms with Crippen LogP contribution >= 0.6 is 35.1 Å². The molecule has 0 spiro atoms. The minimum absolute atomic E-state index is 0.101. The summed E-state index contributed by atoms with van der Waals surface area (Å²) in [6, 6.07) is 8.23. The molecule has 0 saturated carbocycles. The number of nitrogen functional groups attached to an aromatic ring is 1. The van der Waals surface area contributed by atoms with Crippen LogP contribution < -0.4 is 10.5 Å². The van der Waals surface area contributed by atoms with Gasteiger partial charge < -0.3 is 15.6 Å². The Morgan fingerprint density at radius 2 is 2.06 bits per heavy atom. The van der Waals surface area contributed by atoms with Gasteiger partial charge in [-0.2, -0.15) is 0 Å². The van der Waals surface area contributed by atoms with Crippen molar-refractivity contribution in [2.24, 2.45) is 0 Å². The molecule has 10 heteroatoms. The van der Waals surface area contributed by atoms with Gasteiger partial charge in [-0.3, -0.25) is 4.40 Å². The molecule has 0 fully saturated rings. The lowest BCUT2D eigenvalue weighted by Gasteiger charge is -2.12. The summed E-state index contributed by atoms with van der Waals surface area (Å²) in [4.78, 5) is 9.41. The van der Waals surface area contributed by atoms with E-state index < -0.39 is 5.82 Å². The van der Waals surface area contributed by atoms with Gasteiger partial charge in [0, 0.05) is 33.8 Å². The number of fused-ring (bicyclic) bond motifs is 1. The summed E-state index contributed by atoms with van der Waals surface area (Å²) in [6.45, 7) is 3.77. The van der Waals surface area contributed by atoms with Crippen molar-refractivity contribution in [3.63, 3.8) is 0 Å². The number of hydrogen-bond donors (Lipinski definition) is 3. The van der Waals surface area contributed by atoms with Gasteiger partial charge in [-0.15, -0.1) is 0 Å². The zero-order chi connectivity index (χ0) is 23.0. The summed E-state index contributed by atoms with van der Waals surface area (Å²) >= 11 is 13.5. The lowest BCUT2D eigenvalue weighted by molar-refractivity contribution is 0.281. The van der Waals surface area contributed by atoms with Gasteiger partial charge in [-0.05, 0) is 41.8 Å². The van der Waals surface area contributed by atoms with Gasteiger partial charge in [0.05, 0.1) is 17.3 Å². The zero-order valence-electron chi connectivity index (χ0n) is 17.2. The molecule has 4 rings (SSSR count). The molecule has 0 amide bonds. The number of aliphatic hydroxyl groups is 1. The van der Waals surface area contributed by atoms with Gasteiger partial charge in [-0.25, -0.2) is 14.4 Å². The van der Waals surface area contributed by atoms with Crippen molar-refractivity contribution < 1.29 is 9.50 Å². The number of nitrogens with one attached hydrogen (secondary N) is 1. The van der Waals surface area contributed by atoms with Crippen LogP contribution in [0, 0.1) is 5.82 Å². The predicted octanol–water partition coefficient (Wildman–Crippen LogP) is 6.16. The quantitative estimate of drug-likeness (QED) is 0.280. The molecule has 4 N–H and O–H groups in total. The minimum atomic E-state index is -0.487. The summed E-state index contributed by atoms with van der Waals surface area (Å²) in [6.07, 6.45) is 3.37. The van der Waals surface area contributed by atoms with E-state index in [0.717, 1.165) is 17.8 Å². The second-order valence-electron chi connectivity index (χ2n) is 7.41. The zero-order valence-corrected chi connectivity index (χ0v) is 19.6. The Morgan fingerprint density at radius 3 is 2.78 bits per heavy atom. The smallest absolute Gasteiger partial charge is 0.156 e. The molecule has 2 aromatic carbocycles. The second-order valence-corrected chi connectivity index (χ2v) is 9.07. The number of anilines is 2. The number of halogens is 3. The minimum Gasteiger partial charge on any atom is -0.392 e. The summed E-state index contributed by atoms with van der Waals surface area (Å²) < 4.78 is 20.4. The molecule has 32 heavy (non-hydrogen) atoms. The molecule has 0 aliphatic carbocycles. The van der Waals surface area contributed by atoms with Crippen LogP contribution in [0.15, 0.2) is 47.6 Å². The molecule has 166 valence electrons. The van der Waals surface area contributed by atoms with Crippen LogP contribution in [0.2, 0.25) is 10.0 Å². The lowest BCUT2D eigenvalue weighted by atomic mass is 10.1. The molecular weight excluding hydrogens is 472 g/mol. The number of aliphatic hydroxyl groups excluding tert-OH is 1. The Balaban J connectivity index is 1.74. The van der Waals surface area contributed by atoms with Crippen molar-refractivity contribution in [2.45, 2.75) is 31.3 Å². The molecule has 6 nitrogen and oxygen atoms in total. The topological polar surface area (TPSA) is 88.5 Å². The van der Waals surface area contributed by atoms with Gasteiger partial charge in [0.15, 0.2) is 5.82 Å². The molecule has 0 aliphatic rings. The molecule has 0 radical (unpaired) electrons. The molecular formula is C22H20Cl2FN5OS. The van der Waals surface area contributed by atoms with Crippen LogP contribution in [0.1, 0.15) is 31.2 Å². The van der Waals surface area contributed by atoms with Crippen LogP contribution in [0.5, 0.6) is 0 Å². The standard InChI is InChI=1S/C22H20Cl2FN5OS/c1-11(2)22-28-19(20-21(26)27-6-7-30(20)22)14-4-3-5-15(18(14)25)29-32-16-9-13(23)8-12(10-31)17(16)24/h3-9,11,29,31H,10H2,1-2H3,(H2,26,27). The van der Waals surface area contributed by atoms with E-state index in [1.54, 1.807) is 42.7 Å². The molecule has 0 unspecified atom stereocenters. The summed E-state index contributed by atoms with van der Waals surface area (Å²) in [5.74, 6) is 0.650. The number of benzene rings is 2. The summed E-state index contributed by atoms with van der Waals surface area (Å²) in [5, 5.41) is 10.2. The number of aromatic nitrogens is 3. The molecule has 0 bridgehead atoms. The Bertz CT molecular complexity index is 1310. The van der Waals surface area contributed by atoms with E-state index in [0.29, 0.717) is 37.3 Å². The SMILES string of the molecule is CC(C)c1nc(-c2cccc(NSc3cc(Cl)cc(CO)c3Cl)c2F)c2c(N)nccn12. The van der Waals surface area contributed by atoms with Gasteiger partial charge >= 0.3 is 0 Å². The third-order valence-electron chi connectivity index (χ3n) is 4.90. The Labute approximate surface area is 198 Å². The van der Waals surface area contributed by atoms with Crippen LogP contribution in [0.25, 0.3) is 16.8 Å². The molecule has 2 aromatic heterocycles. The maximum Gasteiger partial charge on any atom is 0.156 e. The van der Waals surface area contributed by atoms with E-state index in [1.165, 1.54) is 0 Å². The first-order chi connectivity index (χ1) is 15.3. The number of rotatable bonds is 6. The van der Waals surface area contributed by atoms with Crippen molar-refractivity contribution in [1.29, 1.82) is 0 Å². The maximum absolute atomic E-state index is 15.6. The third-order valence-corrected chi connectivity index (χ3v) is 6.54. The van der Waals surface area contributed by atoms with Gasteiger partial charge in [-0.1, -0.05) is 43.1 Å². The third kappa shape index (κ3) is 4.11. The monoisotopic (exact) mass is 491 g/mol. The number of imidazole rings is 1. The first-order valence-electron chi connectivity index (χ1n) is 9.74. The largest absolute Gasteiger partial charge is 0.392 e. The van der Waals surface area contributed by atoms with Crippen molar-refractivity contribution in [3.05, 3.63) is 70.0 Å². The molecule has 0 atom stereocenters. The highest BCUT2D eigenvalue weighted by Gasteiger charge is 2.21. The average molecular weight is 492 g/mol.